The Hall–Kier alpha value is -1.26. The second-order valence-corrected chi connectivity index (χ2v) is 6.18. The monoisotopic (exact) mass is 314 g/mol. The molecule has 0 bridgehead atoms. The molecule has 1 aromatic carbocycles. The first-order chi connectivity index (χ1) is 9.34. The number of nitrogens with two attached hydrogens (primary N) is 1. The van der Waals surface area contributed by atoms with Gasteiger partial charge in [0, 0.05) is 6.54 Å². The van der Waals surface area contributed by atoms with Crippen molar-refractivity contribution in [2.24, 2.45) is 11.7 Å². The van der Waals surface area contributed by atoms with Crippen molar-refractivity contribution in [1.82, 2.24) is 5.32 Å². The third kappa shape index (κ3) is 6.82. The van der Waals surface area contributed by atoms with E-state index in [0.29, 0.717) is 13.1 Å². The topological polar surface area (TPSA) is 64.3 Å². The van der Waals surface area contributed by atoms with Gasteiger partial charge in [-0.3, -0.25) is 4.79 Å². The van der Waals surface area contributed by atoms with Gasteiger partial charge < -0.3 is 15.8 Å². The number of hydrogen-bond acceptors (Lipinski definition) is 3. The Bertz CT molecular complexity index is 444. The van der Waals surface area contributed by atoms with Gasteiger partial charge in [0.1, 0.15) is 5.75 Å². The lowest BCUT2D eigenvalue weighted by atomic mass is 9.86. The third-order valence-corrected chi connectivity index (χ3v) is 3.10. The molecule has 0 radical (unpaired) electrons. The van der Waals surface area contributed by atoms with E-state index >= 15 is 0 Å². The lowest BCUT2D eigenvalue weighted by Crippen LogP contribution is -2.34. The Kier molecular flexibility index (Phi) is 8.37. The van der Waals surface area contributed by atoms with E-state index in [-0.39, 0.29) is 36.3 Å². The molecular weight excluding hydrogens is 288 g/mol. The molecule has 1 rings (SSSR count). The number of halogens is 1. The fourth-order valence-corrected chi connectivity index (χ4v) is 1.78. The standard InChI is InChI=1S/C16H26N2O2.ClH/c1-12(9-17)10-18-15(19)11-20-14-8-6-5-7-13(14)16(2,3)4;/h5-8,12H,9-11,17H2,1-4H3,(H,18,19);1H. The van der Waals surface area contributed by atoms with Crippen LogP contribution < -0.4 is 15.8 Å². The highest BCUT2D eigenvalue weighted by atomic mass is 35.5. The molecule has 0 aliphatic carbocycles. The lowest BCUT2D eigenvalue weighted by molar-refractivity contribution is -0.123. The van der Waals surface area contributed by atoms with E-state index in [0.717, 1.165) is 11.3 Å². The number of carbonyl (C=O) groups excluding carboxylic acids is 1. The van der Waals surface area contributed by atoms with E-state index in [9.17, 15) is 4.79 Å². The van der Waals surface area contributed by atoms with Crippen LogP contribution in [0.4, 0.5) is 0 Å². The minimum atomic E-state index is -0.117. The highest BCUT2D eigenvalue weighted by molar-refractivity contribution is 5.85. The highest BCUT2D eigenvalue weighted by Gasteiger charge is 2.18. The molecule has 0 heterocycles. The van der Waals surface area contributed by atoms with Crippen molar-refractivity contribution in [1.29, 1.82) is 0 Å². The molecule has 0 aliphatic heterocycles. The summed E-state index contributed by atoms with van der Waals surface area (Å²) < 4.78 is 5.65. The molecule has 120 valence electrons. The van der Waals surface area contributed by atoms with Crippen LogP contribution in [0.3, 0.4) is 0 Å². The average molecular weight is 315 g/mol. The number of nitrogens with one attached hydrogen (secondary N) is 1. The first kappa shape index (κ1) is 19.7. The summed E-state index contributed by atoms with van der Waals surface area (Å²) in [5.41, 5.74) is 6.60. The van der Waals surface area contributed by atoms with E-state index in [2.05, 4.69) is 26.1 Å². The molecule has 4 nitrogen and oxygen atoms in total. The van der Waals surface area contributed by atoms with Gasteiger partial charge in [-0.15, -0.1) is 12.4 Å². The third-order valence-electron chi connectivity index (χ3n) is 3.10. The van der Waals surface area contributed by atoms with E-state index in [1.165, 1.54) is 0 Å². The van der Waals surface area contributed by atoms with Gasteiger partial charge in [-0.05, 0) is 29.5 Å². The molecule has 0 saturated carbocycles. The Labute approximate surface area is 133 Å². The lowest BCUT2D eigenvalue weighted by Gasteiger charge is -2.22. The summed E-state index contributed by atoms with van der Waals surface area (Å²) in [5.74, 6) is 0.928. The molecule has 0 aliphatic rings. The average Bonchev–Trinajstić information content (AvgIpc) is 2.41. The summed E-state index contributed by atoms with van der Waals surface area (Å²) in [6, 6.07) is 7.83. The molecular formula is C16H27ClN2O2. The number of amides is 1. The maximum Gasteiger partial charge on any atom is 0.257 e. The maximum atomic E-state index is 11.7. The second-order valence-electron chi connectivity index (χ2n) is 6.18. The first-order valence-electron chi connectivity index (χ1n) is 7.03. The summed E-state index contributed by atoms with van der Waals surface area (Å²) in [6.45, 7) is 9.54. The predicted molar refractivity (Wildman–Crippen MR) is 89.1 cm³/mol. The van der Waals surface area contributed by atoms with Gasteiger partial charge in [-0.25, -0.2) is 0 Å². The molecule has 0 aromatic heterocycles. The highest BCUT2D eigenvalue weighted by Crippen LogP contribution is 2.30. The van der Waals surface area contributed by atoms with Crippen LogP contribution in [0.1, 0.15) is 33.3 Å². The van der Waals surface area contributed by atoms with E-state index in [1.54, 1.807) is 0 Å². The number of hydrogen-bond donors (Lipinski definition) is 2. The summed E-state index contributed by atoms with van der Waals surface area (Å²) in [5, 5.41) is 2.82. The number of rotatable bonds is 6. The van der Waals surface area contributed by atoms with Gasteiger partial charge in [-0.1, -0.05) is 45.9 Å². The number of carbonyl (C=O) groups is 1. The number of para-hydroxylation sites is 1. The van der Waals surface area contributed by atoms with Crippen molar-refractivity contribution in [3.05, 3.63) is 29.8 Å². The van der Waals surface area contributed by atoms with Crippen LogP contribution in [0, 0.1) is 5.92 Å². The SMILES string of the molecule is CC(CN)CNC(=O)COc1ccccc1C(C)(C)C.Cl. The normalized spacial score (nSPS) is 12.2. The zero-order valence-electron chi connectivity index (χ0n) is 13.3. The molecule has 1 unspecified atom stereocenters. The van der Waals surface area contributed by atoms with Crippen molar-refractivity contribution < 1.29 is 9.53 Å². The van der Waals surface area contributed by atoms with Crippen molar-refractivity contribution in [3.63, 3.8) is 0 Å². The van der Waals surface area contributed by atoms with E-state index < -0.39 is 0 Å². The zero-order chi connectivity index (χ0) is 15.2. The molecule has 3 N–H and O–H groups in total. The van der Waals surface area contributed by atoms with Crippen LogP contribution in [0.5, 0.6) is 5.75 Å². The first-order valence-corrected chi connectivity index (χ1v) is 7.03. The van der Waals surface area contributed by atoms with Gasteiger partial charge >= 0.3 is 0 Å². The Balaban J connectivity index is 0.00000400. The Morgan fingerprint density at radius 2 is 1.95 bits per heavy atom. The van der Waals surface area contributed by atoms with Crippen molar-refractivity contribution >= 4 is 18.3 Å². The van der Waals surface area contributed by atoms with Gasteiger partial charge in [0.2, 0.25) is 0 Å². The Morgan fingerprint density at radius 1 is 1.33 bits per heavy atom. The van der Waals surface area contributed by atoms with Crippen molar-refractivity contribution in [2.75, 3.05) is 19.7 Å². The van der Waals surface area contributed by atoms with Crippen molar-refractivity contribution in [2.45, 2.75) is 33.1 Å². The smallest absolute Gasteiger partial charge is 0.257 e. The van der Waals surface area contributed by atoms with E-state index in [1.807, 2.05) is 31.2 Å². The number of ether oxygens (including phenoxy) is 1. The van der Waals surface area contributed by atoms with Crippen LogP contribution >= 0.6 is 12.4 Å². The van der Waals surface area contributed by atoms with Gasteiger partial charge in [0.05, 0.1) is 0 Å². The molecule has 0 saturated heterocycles. The largest absolute Gasteiger partial charge is 0.483 e. The van der Waals surface area contributed by atoms with Gasteiger partial charge in [0.25, 0.3) is 5.91 Å². The van der Waals surface area contributed by atoms with Crippen LogP contribution in [-0.2, 0) is 10.2 Å². The molecule has 1 aromatic rings. The van der Waals surface area contributed by atoms with Crippen LogP contribution in [0.15, 0.2) is 24.3 Å². The zero-order valence-corrected chi connectivity index (χ0v) is 14.1. The molecule has 0 fully saturated rings. The molecule has 0 spiro atoms. The second kappa shape index (κ2) is 8.90. The van der Waals surface area contributed by atoms with Crippen LogP contribution in [0.2, 0.25) is 0 Å². The summed E-state index contributed by atoms with van der Waals surface area (Å²) in [6.07, 6.45) is 0. The maximum absolute atomic E-state index is 11.7. The van der Waals surface area contributed by atoms with Crippen molar-refractivity contribution in [3.8, 4) is 5.75 Å². The molecule has 21 heavy (non-hydrogen) atoms. The minimum absolute atomic E-state index is 0. The molecule has 5 heteroatoms. The van der Waals surface area contributed by atoms with Gasteiger partial charge in [0.15, 0.2) is 6.61 Å². The Morgan fingerprint density at radius 3 is 2.52 bits per heavy atom. The quantitative estimate of drug-likeness (QED) is 0.848. The van der Waals surface area contributed by atoms with Crippen LogP contribution in [-0.4, -0.2) is 25.6 Å². The summed E-state index contributed by atoms with van der Waals surface area (Å²) in [4.78, 5) is 11.7. The van der Waals surface area contributed by atoms with Crippen LogP contribution in [0.25, 0.3) is 0 Å². The number of benzene rings is 1. The fourth-order valence-electron chi connectivity index (χ4n) is 1.78. The summed E-state index contributed by atoms with van der Waals surface area (Å²) >= 11 is 0. The summed E-state index contributed by atoms with van der Waals surface area (Å²) in [7, 11) is 0. The molecule has 1 atom stereocenters. The van der Waals surface area contributed by atoms with E-state index in [4.69, 9.17) is 10.5 Å². The fraction of sp³-hybridized carbons (Fsp3) is 0.562. The molecule has 1 amide bonds. The van der Waals surface area contributed by atoms with Gasteiger partial charge in [-0.2, -0.15) is 0 Å². The minimum Gasteiger partial charge on any atom is -0.483 e. The predicted octanol–water partition coefficient (Wildman–Crippen LogP) is 2.50.